The summed E-state index contributed by atoms with van der Waals surface area (Å²) < 4.78 is 24.4. The Bertz CT molecular complexity index is 783. The number of phenols is 1. The van der Waals surface area contributed by atoms with Crippen molar-refractivity contribution in [3.05, 3.63) is 59.2 Å². The summed E-state index contributed by atoms with van der Waals surface area (Å²) in [7, 11) is -3.70. The fourth-order valence-corrected chi connectivity index (χ4v) is 2.94. The van der Waals surface area contributed by atoms with E-state index in [4.69, 9.17) is 0 Å². The van der Waals surface area contributed by atoms with Gasteiger partial charge in [0.1, 0.15) is 5.75 Å². The van der Waals surface area contributed by atoms with E-state index in [0.29, 0.717) is 11.1 Å². The minimum absolute atomic E-state index is 0.0938. The minimum Gasteiger partial charge on any atom is -0.508 e. The van der Waals surface area contributed by atoms with Gasteiger partial charge in [0.25, 0.3) is 10.0 Å². The highest BCUT2D eigenvalue weighted by Crippen LogP contribution is 2.16. The Balaban J connectivity index is 2.20. The van der Waals surface area contributed by atoms with Crippen LogP contribution in [0.25, 0.3) is 0 Å². The summed E-state index contributed by atoms with van der Waals surface area (Å²) in [5.74, 6) is 0.0938. The molecule has 0 aliphatic rings. The lowest BCUT2D eigenvalue weighted by Crippen LogP contribution is -2.19. The summed E-state index contributed by atoms with van der Waals surface area (Å²) in [6, 6.07) is 11.6. The zero-order chi connectivity index (χ0) is 15.5. The molecule has 0 saturated carbocycles. The molecular formula is C15H16N2O3S. The molecule has 6 heteroatoms. The van der Waals surface area contributed by atoms with Gasteiger partial charge in [0.15, 0.2) is 0 Å². The third kappa shape index (κ3) is 3.82. The molecule has 5 nitrogen and oxygen atoms in total. The first-order valence-electron chi connectivity index (χ1n) is 6.30. The van der Waals surface area contributed by atoms with Gasteiger partial charge in [0, 0.05) is 0 Å². The molecule has 2 N–H and O–H groups in total. The van der Waals surface area contributed by atoms with Crippen LogP contribution in [-0.4, -0.2) is 19.7 Å². The molecular weight excluding hydrogens is 288 g/mol. The van der Waals surface area contributed by atoms with Crippen LogP contribution in [0, 0.1) is 13.8 Å². The zero-order valence-corrected chi connectivity index (χ0v) is 12.6. The minimum atomic E-state index is -3.70. The van der Waals surface area contributed by atoms with Gasteiger partial charge in [-0.05, 0) is 48.7 Å². The Morgan fingerprint density at radius 1 is 1.14 bits per heavy atom. The largest absolute Gasteiger partial charge is 0.508 e. The normalized spacial score (nSPS) is 11.7. The van der Waals surface area contributed by atoms with Crippen molar-refractivity contribution in [2.45, 2.75) is 18.7 Å². The predicted molar refractivity (Wildman–Crippen MR) is 81.9 cm³/mol. The Morgan fingerprint density at radius 3 is 2.62 bits per heavy atom. The molecule has 2 aromatic carbocycles. The summed E-state index contributed by atoms with van der Waals surface area (Å²) in [4.78, 5) is 2.38. The van der Waals surface area contributed by atoms with Crippen LogP contribution < -0.4 is 4.83 Å². The second kappa shape index (κ2) is 5.97. The van der Waals surface area contributed by atoms with Gasteiger partial charge in [-0.15, -0.1) is 0 Å². The van der Waals surface area contributed by atoms with Gasteiger partial charge in [-0.1, -0.05) is 24.3 Å². The summed E-state index contributed by atoms with van der Waals surface area (Å²) in [6.07, 6.45) is 1.34. The third-order valence-electron chi connectivity index (χ3n) is 2.89. The Morgan fingerprint density at radius 2 is 1.90 bits per heavy atom. The lowest BCUT2D eigenvalue weighted by atomic mass is 10.2. The lowest BCUT2D eigenvalue weighted by molar-refractivity contribution is 0.475. The van der Waals surface area contributed by atoms with Crippen molar-refractivity contribution < 1.29 is 13.5 Å². The molecule has 0 aliphatic heterocycles. The molecule has 2 aromatic rings. The van der Waals surface area contributed by atoms with Gasteiger partial charge in [0.05, 0.1) is 11.1 Å². The van der Waals surface area contributed by atoms with Crippen molar-refractivity contribution in [2.24, 2.45) is 5.10 Å². The van der Waals surface area contributed by atoms with Crippen LogP contribution in [0.3, 0.4) is 0 Å². The molecule has 0 saturated heterocycles. The number of hydrogen-bond acceptors (Lipinski definition) is 4. The monoisotopic (exact) mass is 304 g/mol. The summed E-state index contributed by atoms with van der Waals surface area (Å²) in [6.45, 7) is 3.56. The Labute approximate surface area is 124 Å². The molecule has 21 heavy (non-hydrogen) atoms. The van der Waals surface area contributed by atoms with Crippen LogP contribution in [0.4, 0.5) is 0 Å². The van der Waals surface area contributed by atoms with E-state index in [9.17, 15) is 13.5 Å². The molecule has 0 fully saturated rings. The van der Waals surface area contributed by atoms with E-state index in [1.54, 1.807) is 31.2 Å². The van der Waals surface area contributed by atoms with E-state index in [1.807, 2.05) is 13.0 Å². The number of nitrogens with zero attached hydrogens (tertiary/aromatic N) is 1. The second-order valence-electron chi connectivity index (χ2n) is 4.72. The van der Waals surface area contributed by atoms with Gasteiger partial charge in [-0.3, -0.25) is 0 Å². The van der Waals surface area contributed by atoms with Gasteiger partial charge >= 0.3 is 0 Å². The first-order chi connectivity index (χ1) is 9.88. The average Bonchev–Trinajstić information content (AvgIpc) is 2.41. The topological polar surface area (TPSA) is 78.8 Å². The lowest BCUT2D eigenvalue weighted by Gasteiger charge is -2.07. The standard InChI is InChI=1S/C15H16N2O3S/c1-11-6-7-12(2)15(8-11)21(19,20)17-16-10-13-4-3-5-14(18)9-13/h3-10,17-18H,1-2H3/b16-10+. The van der Waals surface area contributed by atoms with Crippen molar-refractivity contribution in [1.82, 2.24) is 4.83 Å². The van der Waals surface area contributed by atoms with E-state index in [1.165, 1.54) is 18.3 Å². The van der Waals surface area contributed by atoms with E-state index in [2.05, 4.69) is 9.93 Å². The number of sulfonamides is 1. The average molecular weight is 304 g/mol. The number of hydrogen-bond donors (Lipinski definition) is 2. The fourth-order valence-electron chi connectivity index (χ4n) is 1.82. The number of nitrogens with one attached hydrogen (secondary N) is 1. The van der Waals surface area contributed by atoms with Crippen LogP contribution in [0.2, 0.25) is 0 Å². The maximum atomic E-state index is 12.2. The highest BCUT2D eigenvalue weighted by Gasteiger charge is 2.15. The molecule has 0 bridgehead atoms. The molecule has 0 aliphatic carbocycles. The van der Waals surface area contributed by atoms with Crippen LogP contribution in [0.1, 0.15) is 16.7 Å². The molecule has 0 spiro atoms. The smallest absolute Gasteiger partial charge is 0.276 e. The number of rotatable bonds is 4. The molecule has 0 unspecified atom stereocenters. The maximum absolute atomic E-state index is 12.2. The molecule has 0 radical (unpaired) electrons. The van der Waals surface area contributed by atoms with Crippen LogP contribution in [0.5, 0.6) is 5.75 Å². The zero-order valence-electron chi connectivity index (χ0n) is 11.7. The summed E-state index contributed by atoms with van der Waals surface area (Å²) >= 11 is 0. The van der Waals surface area contributed by atoms with Gasteiger partial charge in [-0.25, -0.2) is 4.83 Å². The molecule has 2 rings (SSSR count). The predicted octanol–water partition coefficient (Wildman–Crippen LogP) is 2.32. The molecule has 0 heterocycles. The van der Waals surface area contributed by atoms with Crippen molar-refractivity contribution in [1.29, 1.82) is 0 Å². The molecule has 0 aromatic heterocycles. The summed E-state index contributed by atoms with van der Waals surface area (Å²) in [5.41, 5.74) is 2.11. The Hall–Kier alpha value is -2.34. The first kappa shape index (κ1) is 15.1. The highest BCUT2D eigenvalue weighted by molar-refractivity contribution is 7.89. The van der Waals surface area contributed by atoms with Gasteiger partial charge < -0.3 is 5.11 Å². The van der Waals surface area contributed by atoms with E-state index < -0.39 is 10.0 Å². The van der Waals surface area contributed by atoms with Gasteiger partial charge in [-0.2, -0.15) is 13.5 Å². The van der Waals surface area contributed by atoms with E-state index >= 15 is 0 Å². The van der Waals surface area contributed by atoms with Crippen molar-refractivity contribution >= 4 is 16.2 Å². The quantitative estimate of drug-likeness (QED) is 0.672. The molecule has 0 amide bonds. The number of aromatic hydroxyl groups is 1. The van der Waals surface area contributed by atoms with Crippen LogP contribution in [0.15, 0.2) is 52.5 Å². The maximum Gasteiger partial charge on any atom is 0.276 e. The number of hydrazone groups is 1. The first-order valence-corrected chi connectivity index (χ1v) is 7.78. The number of benzene rings is 2. The van der Waals surface area contributed by atoms with E-state index in [0.717, 1.165) is 5.56 Å². The molecule has 110 valence electrons. The number of phenolic OH excluding ortho intramolecular Hbond substituents is 1. The van der Waals surface area contributed by atoms with Crippen LogP contribution >= 0.6 is 0 Å². The summed E-state index contributed by atoms with van der Waals surface area (Å²) in [5, 5.41) is 13.0. The highest BCUT2D eigenvalue weighted by atomic mass is 32.2. The van der Waals surface area contributed by atoms with Crippen molar-refractivity contribution in [3.8, 4) is 5.75 Å². The fraction of sp³-hybridized carbons (Fsp3) is 0.133. The van der Waals surface area contributed by atoms with Gasteiger partial charge in [0.2, 0.25) is 0 Å². The van der Waals surface area contributed by atoms with Crippen molar-refractivity contribution in [2.75, 3.05) is 0 Å². The number of aryl methyl sites for hydroxylation is 2. The van der Waals surface area contributed by atoms with Crippen LogP contribution in [-0.2, 0) is 10.0 Å². The SMILES string of the molecule is Cc1ccc(C)c(S(=O)(=O)N/N=C/c2cccc(O)c2)c1. The Kier molecular flexibility index (Phi) is 4.28. The second-order valence-corrected chi connectivity index (χ2v) is 6.35. The third-order valence-corrected chi connectivity index (χ3v) is 4.25. The van der Waals surface area contributed by atoms with E-state index in [-0.39, 0.29) is 10.6 Å². The molecule has 0 atom stereocenters. The van der Waals surface area contributed by atoms with Crippen molar-refractivity contribution in [3.63, 3.8) is 0 Å².